The molecule has 2 aromatic heterocycles. The number of aromatic amines is 1. The van der Waals surface area contributed by atoms with Gasteiger partial charge in [-0.3, -0.25) is 9.55 Å². The van der Waals surface area contributed by atoms with Gasteiger partial charge in [-0.05, 0) is 26.0 Å². The summed E-state index contributed by atoms with van der Waals surface area (Å²) in [4.78, 5) is 18.2. The first-order valence-electron chi connectivity index (χ1n) is 4.25. The van der Waals surface area contributed by atoms with Crippen molar-refractivity contribution in [2.45, 2.75) is 19.9 Å². The van der Waals surface area contributed by atoms with Crippen molar-refractivity contribution in [2.24, 2.45) is 0 Å². The van der Waals surface area contributed by atoms with Crippen LogP contribution in [-0.2, 0) is 0 Å². The Hall–Kier alpha value is -1.58. The van der Waals surface area contributed by atoms with Crippen molar-refractivity contribution >= 4 is 11.2 Å². The summed E-state index contributed by atoms with van der Waals surface area (Å²) in [5.41, 5.74) is 1.42. The first-order chi connectivity index (χ1) is 6.20. The number of fused-ring (bicyclic) bond motifs is 1. The topological polar surface area (TPSA) is 50.7 Å². The summed E-state index contributed by atoms with van der Waals surface area (Å²) in [6, 6.07) is 3.87. The lowest BCUT2D eigenvalue weighted by Gasteiger charge is -2.05. The minimum atomic E-state index is -0.0938. The van der Waals surface area contributed by atoms with Gasteiger partial charge < -0.3 is 0 Å². The van der Waals surface area contributed by atoms with E-state index in [-0.39, 0.29) is 11.7 Å². The Morgan fingerprint density at radius 3 is 3.00 bits per heavy atom. The molecule has 0 bridgehead atoms. The third-order valence-corrected chi connectivity index (χ3v) is 2.01. The standard InChI is InChI=1S/C9H11N3O/c1-6(2)12-7-4-3-5-10-8(7)11-9(12)13/h3-6H,1-2H3,(H,10,11,13). The molecule has 0 aromatic carbocycles. The highest BCUT2D eigenvalue weighted by molar-refractivity contribution is 5.70. The number of aromatic nitrogens is 3. The molecule has 4 heteroatoms. The smallest absolute Gasteiger partial charge is 0.290 e. The van der Waals surface area contributed by atoms with Crippen molar-refractivity contribution in [3.63, 3.8) is 0 Å². The van der Waals surface area contributed by atoms with E-state index in [1.807, 2.05) is 26.0 Å². The molecule has 13 heavy (non-hydrogen) atoms. The Bertz CT molecular complexity index is 481. The van der Waals surface area contributed by atoms with Crippen LogP contribution in [0.1, 0.15) is 19.9 Å². The zero-order chi connectivity index (χ0) is 9.42. The lowest BCUT2D eigenvalue weighted by atomic mass is 10.3. The second-order valence-corrected chi connectivity index (χ2v) is 3.27. The highest BCUT2D eigenvalue weighted by atomic mass is 16.1. The first kappa shape index (κ1) is 8.04. The maximum Gasteiger partial charge on any atom is 0.327 e. The number of nitrogens with one attached hydrogen (secondary N) is 1. The van der Waals surface area contributed by atoms with Crippen molar-refractivity contribution in [1.29, 1.82) is 0 Å². The molecule has 1 N–H and O–H groups in total. The summed E-state index contributed by atoms with van der Waals surface area (Å²) >= 11 is 0. The molecule has 0 unspecified atom stereocenters. The number of nitrogens with zero attached hydrogens (tertiary/aromatic N) is 2. The maximum absolute atomic E-state index is 11.4. The molecule has 2 heterocycles. The summed E-state index contributed by atoms with van der Waals surface area (Å²) < 4.78 is 1.70. The van der Waals surface area contributed by atoms with Gasteiger partial charge in [-0.2, -0.15) is 0 Å². The molecule has 4 nitrogen and oxygen atoms in total. The van der Waals surface area contributed by atoms with E-state index in [2.05, 4.69) is 9.97 Å². The molecule has 2 aromatic rings. The highest BCUT2D eigenvalue weighted by Gasteiger charge is 2.08. The van der Waals surface area contributed by atoms with Crippen LogP contribution in [0.2, 0.25) is 0 Å². The Morgan fingerprint density at radius 2 is 2.31 bits per heavy atom. The normalized spacial score (nSPS) is 11.3. The summed E-state index contributed by atoms with van der Waals surface area (Å²) in [5, 5.41) is 0. The first-order valence-corrected chi connectivity index (χ1v) is 4.25. The molecular weight excluding hydrogens is 166 g/mol. The molecule has 0 spiro atoms. The van der Waals surface area contributed by atoms with Crippen LogP contribution in [0.5, 0.6) is 0 Å². The molecule has 2 rings (SSSR count). The fraction of sp³-hybridized carbons (Fsp3) is 0.333. The third-order valence-electron chi connectivity index (χ3n) is 2.01. The Morgan fingerprint density at radius 1 is 1.54 bits per heavy atom. The number of hydrogen-bond acceptors (Lipinski definition) is 2. The Kier molecular flexibility index (Phi) is 1.69. The quantitative estimate of drug-likeness (QED) is 0.713. The predicted octanol–water partition coefficient (Wildman–Crippen LogP) is 1.31. The summed E-state index contributed by atoms with van der Waals surface area (Å²) in [6.45, 7) is 3.95. The van der Waals surface area contributed by atoms with Crippen LogP contribution in [0.15, 0.2) is 23.1 Å². The second-order valence-electron chi connectivity index (χ2n) is 3.27. The lowest BCUT2D eigenvalue weighted by molar-refractivity contribution is 0.598. The van der Waals surface area contributed by atoms with E-state index in [4.69, 9.17) is 0 Å². The average molecular weight is 177 g/mol. The van der Waals surface area contributed by atoms with Crippen molar-refractivity contribution in [1.82, 2.24) is 14.5 Å². The van der Waals surface area contributed by atoms with E-state index in [1.54, 1.807) is 10.8 Å². The number of rotatable bonds is 1. The minimum absolute atomic E-state index is 0.0938. The van der Waals surface area contributed by atoms with Gasteiger partial charge in [0.25, 0.3) is 0 Å². The largest absolute Gasteiger partial charge is 0.327 e. The fourth-order valence-electron chi connectivity index (χ4n) is 1.47. The molecule has 0 aliphatic carbocycles. The number of hydrogen-bond donors (Lipinski definition) is 1. The van der Waals surface area contributed by atoms with Crippen LogP contribution in [-0.4, -0.2) is 14.5 Å². The molecule has 0 atom stereocenters. The zero-order valence-electron chi connectivity index (χ0n) is 7.61. The zero-order valence-corrected chi connectivity index (χ0v) is 7.61. The number of pyridine rings is 1. The SMILES string of the molecule is CC(C)n1c(=O)[nH]c2ncccc21. The van der Waals surface area contributed by atoms with Gasteiger partial charge in [0.05, 0.1) is 5.52 Å². The van der Waals surface area contributed by atoms with Gasteiger partial charge in [-0.25, -0.2) is 9.78 Å². The van der Waals surface area contributed by atoms with Crippen LogP contribution in [0.25, 0.3) is 11.2 Å². The number of imidazole rings is 1. The summed E-state index contributed by atoms with van der Waals surface area (Å²) in [5.74, 6) is 0. The van der Waals surface area contributed by atoms with E-state index >= 15 is 0 Å². The van der Waals surface area contributed by atoms with Gasteiger partial charge >= 0.3 is 5.69 Å². The van der Waals surface area contributed by atoms with Crippen molar-refractivity contribution in [3.8, 4) is 0 Å². The molecule has 0 saturated heterocycles. The van der Waals surface area contributed by atoms with Crippen molar-refractivity contribution < 1.29 is 0 Å². The van der Waals surface area contributed by atoms with E-state index in [1.165, 1.54) is 0 Å². The molecule has 0 fully saturated rings. The van der Waals surface area contributed by atoms with Gasteiger partial charge in [0, 0.05) is 12.2 Å². The molecule has 0 aliphatic rings. The molecule has 0 saturated carbocycles. The fourth-order valence-corrected chi connectivity index (χ4v) is 1.47. The van der Waals surface area contributed by atoms with Gasteiger partial charge in [0.2, 0.25) is 0 Å². The second kappa shape index (κ2) is 2.73. The highest BCUT2D eigenvalue weighted by Crippen LogP contribution is 2.10. The van der Waals surface area contributed by atoms with Gasteiger partial charge in [-0.1, -0.05) is 0 Å². The van der Waals surface area contributed by atoms with Gasteiger partial charge in [0.15, 0.2) is 5.65 Å². The van der Waals surface area contributed by atoms with E-state index in [9.17, 15) is 4.79 Å². The van der Waals surface area contributed by atoms with Crippen LogP contribution in [0, 0.1) is 0 Å². The lowest BCUT2D eigenvalue weighted by Crippen LogP contribution is -2.18. The van der Waals surface area contributed by atoms with Crippen LogP contribution < -0.4 is 5.69 Å². The predicted molar refractivity (Wildman–Crippen MR) is 50.7 cm³/mol. The monoisotopic (exact) mass is 177 g/mol. The summed E-state index contributed by atoms with van der Waals surface area (Å²) in [7, 11) is 0. The van der Waals surface area contributed by atoms with Gasteiger partial charge in [0.1, 0.15) is 0 Å². The van der Waals surface area contributed by atoms with Crippen LogP contribution in [0.4, 0.5) is 0 Å². The van der Waals surface area contributed by atoms with E-state index in [0.717, 1.165) is 5.52 Å². The number of H-pyrrole nitrogens is 1. The minimum Gasteiger partial charge on any atom is -0.290 e. The van der Waals surface area contributed by atoms with Crippen LogP contribution in [0.3, 0.4) is 0 Å². The van der Waals surface area contributed by atoms with E-state index < -0.39 is 0 Å². The molecule has 0 aliphatic heterocycles. The molecule has 0 radical (unpaired) electrons. The van der Waals surface area contributed by atoms with Crippen molar-refractivity contribution in [2.75, 3.05) is 0 Å². The molecule has 0 amide bonds. The third kappa shape index (κ3) is 1.14. The van der Waals surface area contributed by atoms with E-state index in [0.29, 0.717) is 5.65 Å². The molecule has 68 valence electrons. The summed E-state index contributed by atoms with van der Waals surface area (Å²) in [6.07, 6.45) is 1.67. The average Bonchev–Trinajstić information content (AvgIpc) is 2.39. The van der Waals surface area contributed by atoms with Crippen molar-refractivity contribution in [3.05, 3.63) is 28.8 Å². The van der Waals surface area contributed by atoms with Gasteiger partial charge in [-0.15, -0.1) is 0 Å². The maximum atomic E-state index is 11.4. The molecular formula is C9H11N3O. The Balaban J connectivity index is 2.87. The Labute approximate surface area is 75.2 Å². The van der Waals surface area contributed by atoms with Crippen LogP contribution >= 0.6 is 0 Å².